The van der Waals surface area contributed by atoms with Gasteiger partial charge in [0.15, 0.2) is 9.84 Å². The zero-order chi connectivity index (χ0) is 20.6. The van der Waals surface area contributed by atoms with E-state index in [1.54, 1.807) is 31.3 Å². The summed E-state index contributed by atoms with van der Waals surface area (Å²) in [5.74, 6) is 0.634. The molecule has 1 atom stereocenters. The fraction of sp³-hybridized carbons (Fsp3) is 0.333. The van der Waals surface area contributed by atoms with Gasteiger partial charge in [0.2, 0.25) is 0 Å². The van der Waals surface area contributed by atoms with Crippen LogP contribution in [0.1, 0.15) is 28.0 Å². The van der Waals surface area contributed by atoms with Crippen molar-refractivity contribution in [2.45, 2.75) is 26.0 Å². The number of pyridine rings is 1. The summed E-state index contributed by atoms with van der Waals surface area (Å²) in [6, 6.07) is 10.6. The van der Waals surface area contributed by atoms with Gasteiger partial charge >= 0.3 is 0 Å². The van der Waals surface area contributed by atoms with Gasteiger partial charge < -0.3 is 14.0 Å². The first-order valence-electron chi connectivity index (χ1n) is 9.45. The predicted octanol–water partition coefficient (Wildman–Crippen LogP) is 2.48. The van der Waals surface area contributed by atoms with Crippen LogP contribution in [0.3, 0.4) is 0 Å². The van der Waals surface area contributed by atoms with E-state index in [-0.39, 0.29) is 23.5 Å². The number of ether oxygens (including phenoxy) is 1. The molecule has 1 aromatic carbocycles. The summed E-state index contributed by atoms with van der Waals surface area (Å²) in [5, 5.41) is 0. The first-order valence-corrected chi connectivity index (χ1v) is 11.3. The van der Waals surface area contributed by atoms with Crippen molar-refractivity contribution in [3.8, 4) is 5.75 Å². The van der Waals surface area contributed by atoms with E-state index in [1.165, 1.54) is 4.90 Å². The van der Waals surface area contributed by atoms with Crippen molar-refractivity contribution in [1.29, 1.82) is 0 Å². The molecule has 0 spiro atoms. The van der Waals surface area contributed by atoms with Crippen molar-refractivity contribution in [3.05, 3.63) is 65.6 Å². The molecular weight excluding hydrogens is 390 g/mol. The van der Waals surface area contributed by atoms with Gasteiger partial charge in [-0.25, -0.2) is 13.4 Å². The molecule has 0 radical (unpaired) electrons. The molecule has 1 aliphatic rings. The molecule has 3 aromatic rings. The minimum Gasteiger partial charge on any atom is -0.487 e. The number of carbonyl (C=O) groups excluding carboxylic acids is 1. The Morgan fingerprint density at radius 1 is 1.21 bits per heavy atom. The van der Waals surface area contributed by atoms with Gasteiger partial charge in [0.05, 0.1) is 17.2 Å². The van der Waals surface area contributed by atoms with Gasteiger partial charge in [-0.2, -0.15) is 0 Å². The quantitative estimate of drug-likeness (QED) is 0.642. The summed E-state index contributed by atoms with van der Waals surface area (Å²) < 4.78 is 31.1. The van der Waals surface area contributed by atoms with Gasteiger partial charge in [-0.15, -0.1) is 0 Å². The second-order valence-electron chi connectivity index (χ2n) is 7.49. The zero-order valence-electron chi connectivity index (χ0n) is 16.4. The largest absolute Gasteiger partial charge is 0.487 e. The van der Waals surface area contributed by atoms with E-state index in [2.05, 4.69) is 4.98 Å². The molecule has 7 nitrogen and oxygen atoms in total. The molecule has 1 saturated heterocycles. The smallest absolute Gasteiger partial charge is 0.253 e. The number of nitrogens with zero attached hydrogens (tertiary/aromatic N) is 3. The van der Waals surface area contributed by atoms with Gasteiger partial charge in [-0.05, 0) is 49.2 Å². The van der Waals surface area contributed by atoms with Crippen LogP contribution in [0.4, 0.5) is 0 Å². The minimum atomic E-state index is -3.03. The summed E-state index contributed by atoms with van der Waals surface area (Å²) in [5.41, 5.74) is 3.35. The van der Waals surface area contributed by atoms with Crippen LogP contribution >= 0.6 is 0 Å². The zero-order valence-corrected chi connectivity index (χ0v) is 17.2. The maximum absolute atomic E-state index is 12.6. The topological polar surface area (TPSA) is 81.0 Å². The molecule has 8 heteroatoms. The number of hydrogen-bond donors (Lipinski definition) is 0. The van der Waals surface area contributed by atoms with E-state index in [0.29, 0.717) is 24.3 Å². The van der Waals surface area contributed by atoms with E-state index in [9.17, 15) is 13.2 Å². The highest BCUT2D eigenvalue weighted by Crippen LogP contribution is 2.20. The number of amides is 1. The number of aryl methyl sites for hydroxylation is 1. The SMILES string of the molecule is Cc1ccc2nc(COc3ccc(C(=O)N(C)C4CCS(=O)(=O)C4)cc3)cn2c1. The van der Waals surface area contributed by atoms with Gasteiger partial charge in [0, 0.05) is 31.0 Å². The van der Waals surface area contributed by atoms with Crippen molar-refractivity contribution in [1.82, 2.24) is 14.3 Å². The highest BCUT2D eigenvalue weighted by Gasteiger charge is 2.33. The molecule has 152 valence electrons. The van der Waals surface area contributed by atoms with Crippen LogP contribution in [0.2, 0.25) is 0 Å². The molecule has 1 aliphatic heterocycles. The number of hydrogen-bond acceptors (Lipinski definition) is 5. The van der Waals surface area contributed by atoms with Crippen LogP contribution < -0.4 is 4.74 Å². The van der Waals surface area contributed by atoms with E-state index in [0.717, 1.165) is 16.9 Å². The predicted molar refractivity (Wildman–Crippen MR) is 110 cm³/mol. The van der Waals surface area contributed by atoms with Crippen LogP contribution in [-0.4, -0.2) is 53.2 Å². The molecule has 1 unspecified atom stereocenters. The number of imidazole rings is 1. The van der Waals surface area contributed by atoms with E-state index < -0.39 is 9.84 Å². The Morgan fingerprint density at radius 2 is 1.97 bits per heavy atom. The third kappa shape index (κ3) is 4.27. The van der Waals surface area contributed by atoms with Crippen molar-refractivity contribution in [2.75, 3.05) is 18.6 Å². The normalized spacial score (nSPS) is 18.1. The molecule has 1 fully saturated rings. The van der Waals surface area contributed by atoms with E-state index >= 15 is 0 Å². The average Bonchev–Trinajstić information content (AvgIpc) is 3.27. The lowest BCUT2D eigenvalue weighted by molar-refractivity contribution is 0.0747. The number of fused-ring (bicyclic) bond motifs is 1. The van der Waals surface area contributed by atoms with Crippen LogP contribution in [0.15, 0.2) is 48.8 Å². The maximum atomic E-state index is 12.6. The Bertz CT molecular complexity index is 1150. The standard InChI is InChI=1S/C21H23N3O4S/c1-15-3-8-20-22-17(12-24(20)11-15)13-28-19-6-4-16(5-7-19)21(25)23(2)18-9-10-29(26,27)14-18/h3-8,11-12,18H,9-10,13-14H2,1-2H3. The van der Waals surface area contributed by atoms with Gasteiger partial charge in [-0.1, -0.05) is 6.07 Å². The summed E-state index contributed by atoms with van der Waals surface area (Å²) in [4.78, 5) is 18.7. The van der Waals surface area contributed by atoms with Crippen LogP contribution in [0.5, 0.6) is 5.75 Å². The Hall–Kier alpha value is -2.87. The lowest BCUT2D eigenvalue weighted by atomic mass is 10.1. The highest BCUT2D eigenvalue weighted by molar-refractivity contribution is 7.91. The lowest BCUT2D eigenvalue weighted by Gasteiger charge is -2.23. The van der Waals surface area contributed by atoms with Crippen molar-refractivity contribution in [2.24, 2.45) is 0 Å². The minimum absolute atomic E-state index is 0.0367. The Labute approximate surface area is 169 Å². The molecule has 0 N–H and O–H groups in total. The summed E-state index contributed by atoms with van der Waals surface area (Å²) in [7, 11) is -1.37. The monoisotopic (exact) mass is 413 g/mol. The molecule has 2 aromatic heterocycles. The molecule has 3 heterocycles. The van der Waals surface area contributed by atoms with Crippen LogP contribution in [0, 0.1) is 6.92 Å². The summed E-state index contributed by atoms with van der Waals surface area (Å²) in [6.45, 7) is 2.36. The molecular formula is C21H23N3O4S. The third-order valence-corrected chi connectivity index (χ3v) is 6.96. The van der Waals surface area contributed by atoms with E-state index in [4.69, 9.17) is 4.74 Å². The number of carbonyl (C=O) groups is 1. The third-order valence-electron chi connectivity index (χ3n) is 5.21. The number of sulfone groups is 1. The van der Waals surface area contributed by atoms with Gasteiger partial charge in [-0.3, -0.25) is 4.79 Å². The van der Waals surface area contributed by atoms with Crippen molar-refractivity contribution >= 4 is 21.4 Å². The Morgan fingerprint density at radius 3 is 2.66 bits per heavy atom. The molecule has 29 heavy (non-hydrogen) atoms. The summed E-state index contributed by atoms with van der Waals surface area (Å²) >= 11 is 0. The Kier molecular flexibility index (Phi) is 5.04. The van der Waals surface area contributed by atoms with Gasteiger partial charge in [0.25, 0.3) is 5.91 Å². The number of benzene rings is 1. The molecule has 0 saturated carbocycles. The lowest BCUT2D eigenvalue weighted by Crippen LogP contribution is -2.37. The van der Waals surface area contributed by atoms with Crippen LogP contribution in [0.25, 0.3) is 5.65 Å². The first-order chi connectivity index (χ1) is 13.8. The van der Waals surface area contributed by atoms with Crippen molar-refractivity contribution < 1.29 is 17.9 Å². The van der Waals surface area contributed by atoms with Gasteiger partial charge in [0.1, 0.15) is 18.0 Å². The molecule has 4 rings (SSSR count). The van der Waals surface area contributed by atoms with E-state index in [1.807, 2.05) is 35.9 Å². The number of aromatic nitrogens is 2. The first kappa shape index (κ1) is 19.4. The fourth-order valence-electron chi connectivity index (χ4n) is 3.53. The molecule has 0 bridgehead atoms. The number of rotatable bonds is 5. The summed E-state index contributed by atoms with van der Waals surface area (Å²) in [6.07, 6.45) is 4.44. The molecule has 0 aliphatic carbocycles. The Balaban J connectivity index is 1.38. The average molecular weight is 413 g/mol. The second kappa shape index (κ2) is 7.51. The molecule has 1 amide bonds. The maximum Gasteiger partial charge on any atom is 0.253 e. The second-order valence-corrected chi connectivity index (χ2v) is 9.72. The fourth-order valence-corrected chi connectivity index (χ4v) is 5.30. The highest BCUT2D eigenvalue weighted by atomic mass is 32.2. The van der Waals surface area contributed by atoms with Crippen molar-refractivity contribution in [3.63, 3.8) is 0 Å². The van der Waals surface area contributed by atoms with Crippen LogP contribution in [-0.2, 0) is 16.4 Å².